The highest BCUT2D eigenvalue weighted by molar-refractivity contribution is 5.70. The molecule has 1 aliphatic carbocycles. The number of anilines is 2. The molecule has 2 aromatic rings. The predicted molar refractivity (Wildman–Crippen MR) is 98.7 cm³/mol. The Labute approximate surface area is 148 Å². The summed E-state index contributed by atoms with van der Waals surface area (Å²) in [6.07, 6.45) is 4.93. The summed E-state index contributed by atoms with van der Waals surface area (Å²) >= 11 is 0. The molecule has 5 heteroatoms. The molecule has 0 amide bonds. The fourth-order valence-electron chi connectivity index (χ4n) is 3.10. The Kier molecular flexibility index (Phi) is 5.53. The molecule has 0 aliphatic heterocycles. The Bertz CT molecular complexity index is 711. The van der Waals surface area contributed by atoms with Gasteiger partial charge in [-0.05, 0) is 49.9 Å². The molecule has 0 atom stereocenters. The van der Waals surface area contributed by atoms with E-state index in [1.54, 1.807) is 21.3 Å². The van der Waals surface area contributed by atoms with Gasteiger partial charge in [0.2, 0.25) is 0 Å². The zero-order valence-corrected chi connectivity index (χ0v) is 15.0. The molecule has 3 rings (SSSR count). The molecule has 0 radical (unpaired) electrons. The van der Waals surface area contributed by atoms with Crippen LogP contribution >= 0.6 is 0 Å². The first-order chi connectivity index (χ1) is 12.2. The quantitative estimate of drug-likeness (QED) is 0.784. The largest absolute Gasteiger partial charge is 0.497 e. The van der Waals surface area contributed by atoms with Crippen LogP contribution in [0.25, 0.3) is 0 Å². The number of benzene rings is 2. The van der Waals surface area contributed by atoms with Gasteiger partial charge in [-0.2, -0.15) is 0 Å². The van der Waals surface area contributed by atoms with Gasteiger partial charge >= 0.3 is 0 Å². The zero-order valence-electron chi connectivity index (χ0n) is 15.0. The minimum Gasteiger partial charge on any atom is -0.497 e. The van der Waals surface area contributed by atoms with Gasteiger partial charge in [-0.3, -0.25) is 0 Å². The van der Waals surface area contributed by atoms with Crippen LogP contribution in [0.3, 0.4) is 0 Å². The molecule has 0 aromatic heterocycles. The maximum Gasteiger partial charge on any atom is 0.163 e. The van der Waals surface area contributed by atoms with Crippen molar-refractivity contribution < 1.29 is 18.9 Å². The smallest absolute Gasteiger partial charge is 0.163 e. The summed E-state index contributed by atoms with van der Waals surface area (Å²) in [7, 11) is 4.96. The topological polar surface area (TPSA) is 49.0 Å². The van der Waals surface area contributed by atoms with E-state index in [0.717, 1.165) is 47.2 Å². The van der Waals surface area contributed by atoms with Gasteiger partial charge in [0, 0.05) is 17.8 Å². The normalized spacial score (nSPS) is 14.2. The summed E-state index contributed by atoms with van der Waals surface area (Å²) in [6.45, 7) is 0. The molecule has 25 heavy (non-hydrogen) atoms. The molecule has 0 heterocycles. The lowest BCUT2D eigenvalue weighted by Gasteiger charge is -2.18. The third-order valence-corrected chi connectivity index (χ3v) is 4.45. The van der Waals surface area contributed by atoms with E-state index in [1.807, 2.05) is 36.4 Å². The van der Waals surface area contributed by atoms with Crippen molar-refractivity contribution in [2.24, 2.45) is 0 Å². The molecule has 1 aliphatic rings. The molecule has 5 nitrogen and oxygen atoms in total. The van der Waals surface area contributed by atoms with E-state index in [2.05, 4.69) is 5.32 Å². The molecule has 0 unspecified atom stereocenters. The van der Waals surface area contributed by atoms with E-state index in [0.29, 0.717) is 0 Å². The predicted octanol–water partition coefficient (Wildman–Crippen LogP) is 4.78. The second-order valence-corrected chi connectivity index (χ2v) is 6.08. The minimum absolute atomic E-state index is 0.274. The molecular formula is C20H25NO4. The van der Waals surface area contributed by atoms with Crippen molar-refractivity contribution in [2.45, 2.75) is 31.8 Å². The Balaban J connectivity index is 1.85. The van der Waals surface area contributed by atoms with Crippen LogP contribution in [0.15, 0.2) is 36.4 Å². The van der Waals surface area contributed by atoms with Gasteiger partial charge in [0.1, 0.15) is 11.5 Å². The Morgan fingerprint density at radius 3 is 2.20 bits per heavy atom. The molecule has 2 aromatic carbocycles. The maximum absolute atomic E-state index is 6.16. The van der Waals surface area contributed by atoms with Crippen LogP contribution < -0.4 is 24.3 Å². The van der Waals surface area contributed by atoms with Gasteiger partial charge in [-0.25, -0.2) is 0 Å². The number of ether oxygens (including phenoxy) is 4. The molecule has 1 saturated carbocycles. The SMILES string of the molecule is COc1ccc(OC)c(Nc2ccc(OC)c(OC3CCCC3)c2)c1. The fourth-order valence-corrected chi connectivity index (χ4v) is 3.10. The van der Waals surface area contributed by atoms with Crippen molar-refractivity contribution in [1.29, 1.82) is 0 Å². The summed E-state index contributed by atoms with van der Waals surface area (Å²) in [5, 5.41) is 3.37. The zero-order chi connectivity index (χ0) is 17.6. The lowest BCUT2D eigenvalue weighted by Crippen LogP contribution is -2.11. The second-order valence-electron chi connectivity index (χ2n) is 6.08. The summed E-state index contributed by atoms with van der Waals surface area (Å²) in [6, 6.07) is 11.5. The molecular weight excluding hydrogens is 318 g/mol. The highest BCUT2D eigenvalue weighted by atomic mass is 16.5. The first-order valence-corrected chi connectivity index (χ1v) is 8.57. The van der Waals surface area contributed by atoms with Gasteiger partial charge in [-0.15, -0.1) is 0 Å². The van der Waals surface area contributed by atoms with Gasteiger partial charge in [0.25, 0.3) is 0 Å². The number of nitrogens with one attached hydrogen (secondary N) is 1. The molecule has 1 fully saturated rings. The molecule has 0 saturated heterocycles. The number of hydrogen-bond donors (Lipinski definition) is 1. The van der Waals surface area contributed by atoms with Crippen LogP contribution in [0.5, 0.6) is 23.0 Å². The summed E-state index contributed by atoms with van der Waals surface area (Å²) in [5.41, 5.74) is 1.74. The lowest BCUT2D eigenvalue weighted by atomic mass is 10.2. The Morgan fingerprint density at radius 2 is 1.52 bits per heavy atom. The van der Waals surface area contributed by atoms with E-state index in [1.165, 1.54) is 12.8 Å². The van der Waals surface area contributed by atoms with E-state index < -0.39 is 0 Å². The van der Waals surface area contributed by atoms with Crippen LogP contribution in [0.1, 0.15) is 25.7 Å². The Morgan fingerprint density at radius 1 is 0.800 bits per heavy atom. The third kappa shape index (κ3) is 4.10. The van der Waals surface area contributed by atoms with Crippen molar-refractivity contribution in [1.82, 2.24) is 0 Å². The molecule has 0 spiro atoms. The van der Waals surface area contributed by atoms with E-state index in [-0.39, 0.29) is 6.10 Å². The maximum atomic E-state index is 6.16. The standard InChI is InChI=1S/C20H25NO4/c1-22-16-9-11-18(23-2)17(13-16)21-14-8-10-19(24-3)20(12-14)25-15-6-4-5-7-15/h8-13,15,21H,4-7H2,1-3H3. The average molecular weight is 343 g/mol. The van der Waals surface area contributed by atoms with E-state index >= 15 is 0 Å². The number of rotatable bonds is 7. The summed E-state index contributed by atoms with van der Waals surface area (Å²) in [4.78, 5) is 0. The van der Waals surface area contributed by atoms with Crippen LogP contribution in [-0.4, -0.2) is 27.4 Å². The minimum atomic E-state index is 0.274. The highest BCUT2D eigenvalue weighted by Crippen LogP contribution is 2.37. The van der Waals surface area contributed by atoms with Crippen LogP contribution in [0.2, 0.25) is 0 Å². The van der Waals surface area contributed by atoms with Crippen molar-refractivity contribution in [3.63, 3.8) is 0 Å². The second kappa shape index (κ2) is 8.01. The van der Waals surface area contributed by atoms with Crippen molar-refractivity contribution >= 4 is 11.4 Å². The monoisotopic (exact) mass is 343 g/mol. The average Bonchev–Trinajstić information content (AvgIpc) is 3.15. The summed E-state index contributed by atoms with van der Waals surface area (Å²) < 4.78 is 22.3. The van der Waals surface area contributed by atoms with Crippen molar-refractivity contribution in [3.05, 3.63) is 36.4 Å². The van der Waals surface area contributed by atoms with Crippen molar-refractivity contribution in [2.75, 3.05) is 26.6 Å². The van der Waals surface area contributed by atoms with Gasteiger partial charge in [0.05, 0.1) is 33.1 Å². The lowest BCUT2D eigenvalue weighted by molar-refractivity contribution is 0.201. The number of methoxy groups -OCH3 is 3. The highest BCUT2D eigenvalue weighted by Gasteiger charge is 2.19. The van der Waals surface area contributed by atoms with Gasteiger partial charge in [-0.1, -0.05) is 0 Å². The van der Waals surface area contributed by atoms with Crippen LogP contribution in [0.4, 0.5) is 11.4 Å². The fraction of sp³-hybridized carbons (Fsp3) is 0.400. The van der Waals surface area contributed by atoms with Gasteiger partial charge < -0.3 is 24.3 Å². The molecule has 1 N–H and O–H groups in total. The van der Waals surface area contributed by atoms with Crippen molar-refractivity contribution in [3.8, 4) is 23.0 Å². The van der Waals surface area contributed by atoms with E-state index in [4.69, 9.17) is 18.9 Å². The summed E-state index contributed by atoms with van der Waals surface area (Å²) in [5.74, 6) is 3.02. The van der Waals surface area contributed by atoms with Gasteiger partial charge in [0.15, 0.2) is 11.5 Å². The first-order valence-electron chi connectivity index (χ1n) is 8.57. The molecule has 0 bridgehead atoms. The first kappa shape index (κ1) is 17.3. The van der Waals surface area contributed by atoms with Crippen LogP contribution in [0, 0.1) is 0 Å². The van der Waals surface area contributed by atoms with Crippen LogP contribution in [-0.2, 0) is 0 Å². The molecule has 134 valence electrons. The third-order valence-electron chi connectivity index (χ3n) is 4.45. The Hall–Kier alpha value is -2.56. The number of hydrogen-bond acceptors (Lipinski definition) is 5. The van der Waals surface area contributed by atoms with E-state index in [9.17, 15) is 0 Å².